The number of aliphatic imine (C=N–C) groups is 2. The number of nitrogens with zero attached hydrogens (tertiary/aromatic N) is 2. The first kappa shape index (κ1) is 10.6. The van der Waals surface area contributed by atoms with E-state index in [1.807, 2.05) is 18.2 Å². The first-order chi connectivity index (χ1) is 7.31. The van der Waals surface area contributed by atoms with Crippen molar-refractivity contribution in [3.8, 4) is 0 Å². The van der Waals surface area contributed by atoms with E-state index in [9.17, 15) is 0 Å². The van der Waals surface area contributed by atoms with E-state index in [4.69, 9.17) is 0 Å². The largest absolute Gasteiger partial charge is 0.250 e. The van der Waals surface area contributed by atoms with Crippen LogP contribution in [0.4, 0.5) is 0 Å². The molecule has 2 nitrogen and oxygen atoms in total. The van der Waals surface area contributed by atoms with E-state index >= 15 is 0 Å². The molecule has 0 saturated heterocycles. The minimum absolute atomic E-state index is 0.228. The molecule has 2 rings (SSSR count). The molecule has 1 aromatic rings. The van der Waals surface area contributed by atoms with Crippen LogP contribution in [0.3, 0.4) is 0 Å². The van der Waals surface area contributed by atoms with Crippen molar-refractivity contribution in [3.63, 3.8) is 0 Å². The summed E-state index contributed by atoms with van der Waals surface area (Å²) >= 11 is 3.35. The monoisotopic (exact) mass is 264 g/mol. The van der Waals surface area contributed by atoms with Gasteiger partial charge in [-0.2, -0.15) is 0 Å². The van der Waals surface area contributed by atoms with Crippen LogP contribution >= 0.6 is 15.9 Å². The lowest BCUT2D eigenvalue weighted by Crippen LogP contribution is -2.16. The summed E-state index contributed by atoms with van der Waals surface area (Å²) in [5.41, 5.74) is 2.26. The number of hydrogen-bond acceptors (Lipinski definition) is 2. The molecular weight excluding hydrogens is 252 g/mol. The normalized spacial score (nSPS) is 20.0. The summed E-state index contributed by atoms with van der Waals surface area (Å²) in [6, 6.07) is 10.5. The Kier molecular flexibility index (Phi) is 3.31. The third-order valence-corrected chi connectivity index (χ3v) is 2.80. The first-order valence-corrected chi connectivity index (χ1v) is 5.98. The second kappa shape index (κ2) is 4.71. The Bertz CT molecular complexity index is 395. The topological polar surface area (TPSA) is 24.7 Å². The van der Waals surface area contributed by atoms with Crippen LogP contribution < -0.4 is 0 Å². The molecule has 1 atom stereocenters. The van der Waals surface area contributed by atoms with E-state index in [0.717, 1.165) is 23.3 Å². The van der Waals surface area contributed by atoms with Gasteiger partial charge in [-0.15, -0.1) is 0 Å². The molecule has 3 heteroatoms. The maximum atomic E-state index is 4.47. The molecule has 0 N–H and O–H groups in total. The zero-order valence-corrected chi connectivity index (χ0v) is 10.2. The van der Waals surface area contributed by atoms with Crippen molar-refractivity contribution >= 4 is 26.4 Å². The van der Waals surface area contributed by atoms with Crippen molar-refractivity contribution in [2.45, 2.75) is 25.8 Å². The van der Waals surface area contributed by atoms with E-state index < -0.39 is 0 Å². The van der Waals surface area contributed by atoms with Crippen molar-refractivity contribution in [1.82, 2.24) is 0 Å². The van der Waals surface area contributed by atoms with Crippen LogP contribution in [0.15, 0.2) is 40.3 Å². The van der Waals surface area contributed by atoms with E-state index in [2.05, 4.69) is 45.0 Å². The van der Waals surface area contributed by atoms with Gasteiger partial charge in [0.1, 0.15) is 0 Å². The Labute approximate surface area is 98.3 Å². The Hall–Kier alpha value is -0.960. The van der Waals surface area contributed by atoms with E-state index in [-0.39, 0.29) is 6.04 Å². The molecule has 78 valence electrons. The van der Waals surface area contributed by atoms with Crippen LogP contribution in [-0.2, 0) is 0 Å². The van der Waals surface area contributed by atoms with Crippen LogP contribution in [-0.4, -0.2) is 16.5 Å². The maximum absolute atomic E-state index is 4.47. The minimum Gasteiger partial charge on any atom is -0.250 e. The Morgan fingerprint density at radius 2 is 2.00 bits per heavy atom. The van der Waals surface area contributed by atoms with Crippen LogP contribution in [0.1, 0.15) is 25.3 Å². The van der Waals surface area contributed by atoms with Gasteiger partial charge in [0.2, 0.25) is 0 Å². The highest BCUT2D eigenvalue weighted by atomic mass is 79.9. The van der Waals surface area contributed by atoms with Crippen molar-refractivity contribution in [2.75, 3.05) is 0 Å². The van der Waals surface area contributed by atoms with Crippen LogP contribution in [0.25, 0.3) is 0 Å². The number of amidine groups is 1. The van der Waals surface area contributed by atoms with Gasteiger partial charge in [0.15, 0.2) is 4.74 Å². The fourth-order valence-electron chi connectivity index (χ4n) is 1.73. The lowest BCUT2D eigenvalue weighted by atomic mass is 10.0. The number of hydrogen-bond donors (Lipinski definition) is 0. The van der Waals surface area contributed by atoms with Gasteiger partial charge in [-0.05, 0) is 27.9 Å². The predicted molar refractivity (Wildman–Crippen MR) is 68.0 cm³/mol. The zero-order chi connectivity index (χ0) is 10.7. The Morgan fingerprint density at radius 1 is 1.27 bits per heavy atom. The van der Waals surface area contributed by atoms with Crippen LogP contribution in [0.2, 0.25) is 0 Å². The van der Waals surface area contributed by atoms with Crippen molar-refractivity contribution in [2.24, 2.45) is 9.98 Å². The molecule has 0 amide bonds. The summed E-state index contributed by atoms with van der Waals surface area (Å²) in [6.07, 6.45) is 2.18. The highest BCUT2D eigenvalue weighted by Gasteiger charge is 2.21. The first-order valence-electron chi connectivity index (χ1n) is 5.18. The molecule has 0 aromatic heterocycles. The summed E-state index contributed by atoms with van der Waals surface area (Å²) in [5.74, 6) is 0. The molecule has 1 heterocycles. The van der Waals surface area contributed by atoms with Crippen molar-refractivity contribution in [3.05, 3.63) is 35.9 Å². The lowest BCUT2D eigenvalue weighted by Gasteiger charge is -2.09. The highest BCUT2D eigenvalue weighted by Crippen LogP contribution is 2.19. The molecule has 1 aliphatic heterocycles. The van der Waals surface area contributed by atoms with E-state index in [0.29, 0.717) is 0 Å². The van der Waals surface area contributed by atoms with Gasteiger partial charge in [-0.25, -0.2) is 4.99 Å². The standard InChI is InChI=1S/C12H13BrN2/c1-2-6-10-11(15-12(13)14-10)9-7-4-3-5-8-9/h3-5,7-8,10H,2,6H2,1H3. The van der Waals surface area contributed by atoms with Gasteiger partial charge >= 0.3 is 0 Å². The molecule has 1 aliphatic rings. The Balaban J connectivity index is 2.27. The van der Waals surface area contributed by atoms with Gasteiger partial charge in [0, 0.05) is 0 Å². The molecular formula is C12H13BrN2. The minimum atomic E-state index is 0.228. The fraction of sp³-hybridized carbons (Fsp3) is 0.333. The van der Waals surface area contributed by atoms with Gasteiger partial charge in [-0.3, -0.25) is 4.99 Å². The molecule has 0 radical (unpaired) electrons. The van der Waals surface area contributed by atoms with Crippen LogP contribution in [0.5, 0.6) is 0 Å². The smallest absolute Gasteiger partial charge is 0.192 e. The van der Waals surface area contributed by atoms with E-state index in [1.54, 1.807) is 0 Å². The zero-order valence-electron chi connectivity index (χ0n) is 8.65. The van der Waals surface area contributed by atoms with E-state index in [1.165, 1.54) is 5.56 Å². The number of halogens is 1. The molecule has 15 heavy (non-hydrogen) atoms. The summed E-state index contributed by atoms with van der Waals surface area (Å²) in [4.78, 5) is 8.91. The summed E-state index contributed by atoms with van der Waals surface area (Å²) in [7, 11) is 0. The third kappa shape index (κ3) is 2.34. The average Bonchev–Trinajstić information content (AvgIpc) is 2.62. The van der Waals surface area contributed by atoms with Crippen molar-refractivity contribution in [1.29, 1.82) is 0 Å². The van der Waals surface area contributed by atoms with Gasteiger partial charge in [0.05, 0.1) is 11.8 Å². The maximum Gasteiger partial charge on any atom is 0.192 e. The fourth-order valence-corrected chi connectivity index (χ4v) is 2.17. The molecule has 0 aliphatic carbocycles. The second-order valence-electron chi connectivity index (χ2n) is 3.57. The number of rotatable bonds is 3. The molecule has 1 aromatic carbocycles. The number of benzene rings is 1. The summed E-state index contributed by atoms with van der Waals surface area (Å²) in [5, 5.41) is 0. The average molecular weight is 265 g/mol. The lowest BCUT2D eigenvalue weighted by molar-refractivity contribution is 0.743. The molecule has 0 fully saturated rings. The summed E-state index contributed by atoms with van der Waals surface area (Å²) in [6.45, 7) is 2.17. The summed E-state index contributed by atoms with van der Waals surface area (Å²) < 4.78 is 0.722. The highest BCUT2D eigenvalue weighted by molar-refractivity contribution is 9.18. The predicted octanol–water partition coefficient (Wildman–Crippen LogP) is 3.41. The van der Waals surface area contributed by atoms with Gasteiger partial charge in [-0.1, -0.05) is 43.7 Å². The molecule has 0 saturated carbocycles. The van der Waals surface area contributed by atoms with Gasteiger partial charge in [0.25, 0.3) is 0 Å². The second-order valence-corrected chi connectivity index (χ2v) is 4.27. The Morgan fingerprint density at radius 3 is 2.67 bits per heavy atom. The third-order valence-electron chi connectivity index (χ3n) is 2.42. The molecule has 1 unspecified atom stereocenters. The SMILES string of the molecule is CCCC1N=C(Br)N=C1c1ccccc1. The van der Waals surface area contributed by atoms with Crippen molar-refractivity contribution < 1.29 is 0 Å². The molecule has 0 spiro atoms. The van der Waals surface area contributed by atoms with Gasteiger partial charge < -0.3 is 0 Å². The quantitative estimate of drug-likeness (QED) is 0.748. The van der Waals surface area contributed by atoms with Crippen LogP contribution in [0, 0.1) is 0 Å². The molecule has 0 bridgehead atoms.